The molecule has 2 amide bonds. The van der Waals surface area contributed by atoms with Crippen molar-refractivity contribution < 1.29 is 9.59 Å². The Balaban J connectivity index is 1.41. The van der Waals surface area contributed by atoms with Gasteiger partial charge in [-0.1, -0.05) is 6.92 Å². The van der Waals surface area contributed by atoms with Crippen LogP contribution in [-0.4, -0.2) is 63.0 Å². The number of nitrogens with zero attached hydrogens (tertiary/aromatic N) is 4. The minimum absolute atomic E-state index is 0.0402. The lowest BCUT2D eigenvalue weighted by molar-refractivity contribution is -0.133. The summed E-state index contributed by atoms with van der Waals surface area (Å²) < 4.78 is 0. The van der Waals surface area contributed by atoms with Crippen LogP contribution in [0.25, 0.3) is 11.3 Å². The lowest BCUT2D eigenvalue weighted by Crippen LogP contribution is -2.50. The molecule has 7 heteroatoms. The van der Waals surface area contributed by atoms with Crippen molar-refractivity contribution in [2.45, 2.75) is 51.5 Å². The highest BCUT2D eigenvalue weighted by Gasteiger charge is 2.38. The van der Waals surface area contributed by atoms with E-state index in [1.807, 2.05) is 29.0 Å². The van der Waals surface area contributed by atoms with Crippen molar-refractivity contribution in [1.29, 1.82) is 0 Å². The first-order chi connectivity index (χ1) is 14.0. The third kappa shape index (κ3) is 4.33. The number of aromatic nitrogens is 3. The van der Waals surface area contributed by atoms with Crippen LogP contribution in [0.15, 0.2) is 30.7 Å². The molecule has 4 rings (SSSR count). The molecule has 1 aliphatic carbocycles. The highest BCUT2D eigenvalue weighted by Crippen LogP contribution is 2.48. The summed E-state index contributed by atoms with van der Waals surface area (Å²) in [6, 6.07) is 3.79. The fourth-order valence-corrected chi connectivity index (χ4v) is 4.06. The first-order valence-electron chi connectivity index (χ1n) is 10.5. The van der Waals surface area contributed by atoms with Crippen molar-refractivity contribution in [2.24, 2.45) is 5.41 Å². The van der Waals surface area contributed by atoms with Crippen LogP contribution in [0.3, 0.4) is 0 Å². The van der Waals surface area contributed by atoms with Crippen molar-refractivity contribution in [3.63, 3.8) is 0 Å². The first-order valence-corrected chi connectivity index (χ1v) is 10.5. The highest BCUT2D eigenvalue weighted by atomic mass is 16.2. The molecule has 7 nitrogen and oxygen atoms in total. The van der Waals surface area contributed by atoms with Gasteiger partial charge in [-0.2, -0.15) is 5.10 Å². The van der Waals surface area contributed by atoms with Gasteiger partial charge in [-0.15, -0.1) is 0 Å². The number of aromatic amines is 1. The monoisotopic (exact) mass is 395 g/mol. The Labute approximate surface area is 171 Å². The third-order valence-electron chi connectivity index (χ3n) is 6.51. The molecular formula is C22H29N5O2. The zero-order valence-corrected chi connectivity index (χ0v) is 17.2. The summed E-state index contributed by atoms with van der Waals surface area (Å²) in [5, 5.41) is 7.03. The average Bonchev–Trinajstić information content (AvgIpc) is 3.29. The van der Waals surface area contributed by atoms with E-state index in [-0.39, 0.29) is 17.9 Å². The fraction of sp³-hybridized carbons (Fsp3) is 0.545. The lowest BCUT2D eigenvalue weighted by Gasteiger charge is -2.37. The lowest BCUT2D eigenvalue weighted by atomic mass is 10.00. The van der Waals surface area contributed by atoms with Crippen molar-refractivity contribution in [3.8, 4) is 11.3 Å². The molecule has 29 heavy (non-hydrogen) atoms. The molecule has 0 spiro atoms. The smallest absolute Gasteiger partial charge is 0.257 e. The van der Waals surface area contributed by atoms with E-state index in [1.165, 1.54) is 12.8 Å². The number of pyridine rings is 1. The molecule has 1 saturated heterocycles. The number of likely N-dealkylation sites (tertiary alicyclic amines) is 1. The molecule has 1 N–H and O–H groups in total. The molecule has 154 valence electrons. The van der Waals surface area contributed by atoms with Gasteiger partial charge in [0.05, 0.1) is 17.5 Å². The Kier molecular flexibility index (Phi) is 5.39. The van der Waals surface area contributed by atoms with E-state index in [0.717, 1.165) is 24.8 Å². The van der Waals surface area contributed by atoms with Crippen molar-refractivity contribution >= 4 is 11.8 Å². The molecule has 0 aromatic carbocycles. The number of H-pyrrole nitrogens is 1. The van der Waals surface area contributed by atoms with Crippen LogP contribution in [-0.2, 0) is 4.79 Å². The molecule has 2 aromatic rings. The predicted octanol–water partition coefficient (Wildman–Crippen LogP) is 3.12. The van der Waals surface area contributed by atoms with E-state index < -0.39 is 0 Å². The number of piperidine rings is 1. The molecule has 2 aliphatic rings. The maximum absolute atomic E-state index is 13.2. The second kappa shape index (κ2) is 7.97. The topological polar surface area (TPSA) is 82.2 Å². The average molecular weight is 396 g/mol. The van der Waals surface area contributed by atoms with E-state index >= 15 is 0 Å². The van der Waals surface area contributed by atoms with Gasteiger partial charge < -0.3 is 9.80 Å². The molecule has 0 radical (unpaired) electrons. The van der Waals surface area contributed by atoms with Gasteiger partial charge in [-0.3, -0.25) is 19.7 Å². The van der Waals surface area contributed by atoms with Crippen LogP contribution >= 0.6 is 0 Å². The van der Waals surface area contributed by atoms with Crippen LogP contribution in [0.5, 0.6) is 0 Å². The van der Waals surface area contributed by atoms with E-state index in [2.05, 4.69) is 22.1 Å². The number of carbonyl (C=O) groups excluding carboxylic acids is 2. The SMILES string of the molecule is CN(C(=O)CCC1(C)CC1)C1CCCN(C(=O)c2cn[nH]c2-c2ccncc2)C1. The second-order valence-corrected chi connectivity index (χ2v) is 8.76. The molecule has 1 aliphatic heterocycles. The van der Waals surface area contributed by atoms with Crippen molar-refractivity contribution in [2.75, 3.05) is 20.1 Å². The normalized spacial score (nSPS) is 20.3. The third-order valence-corrected chi connectivity index (χ3v) is 6.51. The summed E-state index contributed by atoms with van der Waals surface area (Å²) in [5.74, 6) is 0.153. The molecule has 1 unspecified atom stereocenters. The Morgan fingerprint density at radius 1 is 1.31 bits per heavy atom. The second-order valence-electron chi connectivity index (χ2n) is 8.76. The van der Waals surface area contributed by atoms with Crippen LogP contribution in [0, 0.1) is 5.41 Å². The first kappa shape index (κ1) is 19.6. The number of hydrogen-bond acceptors (Lipinski definition) is 4. The van der Waals surface area contributed by atoms with Crippen LogP contribution in [0.4, 0.5) is 0 Å². The summed E-state index contributed by atoms with van der Waals surface area (Å²) >= 11 is 0. The van der Waals surface area contributed by atoms with Gasteiger partial charge in [0, 0.05) is 50.6 Å². The van der Waals surface area contributed by atoms with Gasteiger partial charge in [0.1, 0.15) is 0 Å². The van der Waals surface area contributed by atoms with Gasteiger partial charge in [0.25, 0.3) is 5.91 Å². The van der Waals surface area contributed by atoms with Gasteiger partial charge in [-0.25, -0.2) is 0 Å². The molecular weight excluding hydrogens is 366 g/mol. The Morgan fingerprint density at radius 3 is 2.79 bits per heavy atom. The largest absolute Gasteiger partial charge is 0.341 e. The minimum Gasteiger partial charge on any atom is -0.341 e. The number of rotatable bonds is 6. The number of hydrogen-bond donors (Lipinski definition) is 1. The Bertz CT molecular complexity index is 874. The van der Waals surface area contributed by atoms with Gasteiger partial charge in [-0.05, 0) is 49.7 Å². The van der Waals surface area contributed by atoms with E-state index in [4.69, 9.17) is 0 Å². The standard InChI is InChI=1S/C22H29N5O2/c1-22(9-10-22)8-5-19(28)26(2)17-4-3-13-27(15-17)21(29)18-14-24-25-20(18)16-6-11-23-12-7-16/h6-7,11-12,14,17H,3-5,8-10,13,15H2,1-2H3,(H,24,25). The summed E-state index contributed by atoms with van der Waals surface area (Å²) in [5.41, 5.74) is 2.54. The van der Waals surface area contributed by atoms with Gasteiger partial charge in [0.2, 0.25) is 5.91 Å². The Morgan fingerprint density at radius 2 is 2.07 bits per heavy atom. The van der Waals surface area contributed by atoms with Crippen molar-refractivity contribution in [3.05, 3.63) is 36.3 Å². The molecule has 1 saturated carbocycles. The predicted molar refractivity (Wildman–Crippen MR) is 110 cm³/mol. The van der Waals surface area contributed by atoms with Crippen LogP contribution < -0.4 is 0 Å². The molecule has 0 bridgehead atoms. The zero-order chi connectivity index (χ0) is 20.4. The number of nitrogens with one attached hydrogen (secondary N) is 1. The zero-order valence-electron chi connectivity index (χ0n) is 17.2. The number of carbonyl (C=O) groups is 2. The molecule has 2 aromatic heterocycles. The Hall–Kier alpha value is -2.70. The quantitative estimate of drug-likeness (QED) is 0.815. The maximum Gasteiger partial charge on any atom is 0.257 e. The summed E-state index contributed by atoms with van der Waals surface area (Å²) in [4.78, 5) is 33.6. The molecule has 2 fully saturated rings. The summed E-state index contributed by atoms with van der Waals surface area (Å²) in [6.45, 7) is 3.53. The molecule has 3 heterocycles. The highest BCUT2D eigenvalue weighted by molar-refractivity contribution is 5.99. The maximum atomic E-state index is 13.2. The minimum atomic E-state index is -0.0402. The number of amides is 2. The summed E-state index contributed by atoms with van der Waals surface area (Å²) in [7, 11) is 1.89. The summed E-state index contributed by atoms with van der Waals surface area (Å²) in [6.07, 6.45) is 10.9. The van der Waals surface area contributed by atoms with E-state index in [9.17, 15) is 9.59 Å². The van der Waals surface area contributed by atoms with E-state index in [1.54, 1.807) is 18.6 Å². The fourth-order valence-electron chi connectivity index (χ4n) is 4.06. The van der Waals surface area contributed by atoms with Crippen molar-refractivity contribution in [1.82, 2.24) is 25.0 Å². The number of likely N-dealkylation sites (N-methyl/N-ethyl adjacent to an activating group) is 1. The van der Waals surface area contributed by atoms with Gasteiger partial charge >= 0.3 is 0 Å². The van der Waals surface area contributed by atoms with Gasteiger partial charge in [0.15, 0.2) is 0 Å². The van der Waals surface area contributed by atoms with Crippen LogP contribution in [0.2, 0.25) is 0 Å². The molecule has 1 atom stereocenters. The van der Waals surface area contributed by atoms with E-state index in [0.29, 0.717) is 36.2 Å². The van der Waals surface area contributed by atoms with Crippen LogP contribution in [0.1, 0.15) is 55.8 Å².